The number of amides is 3. The number of aromatic amines is 2. The maximum absolute atomic E-state index is 13.3. The highest BCUT2D eigenvalue weighted by atomic mass is 16.2. The summed E-state index contributed by atoms with van der Waals surface area (Å²) in [7, 11) is 1.75. The van der Waals surface area contributed by atoms with Gasteiger partial charge in [-0.3, -0.25) is 38.7 Å². The Labute approximate surface area is 363 Å². The molecule has 0 radical (unpaired) electrons. The van der Waals surface area contributed by atoms with Crippen LogP contribution in [0.25, 0.3) is 55.6 Å². The molecule has 63 heavy (non-hydrogen) atoms. The number of piperidine rings is 2. The minimum absolute atomic E-state index is 0.0293. The maximum Gasteiger partial charge on any atom is 0.329 e. The molecule has 4 aliphatic rings. The van der Waals surface area contributed by atoms with Gasteiger partial charge in [-0.2, -0.15) is 0 Å². The predicted octanol–water partition coefficient (Wildman–Crippen LogP) is 5.85. The number of fused-ring (bicyclic) bond motifs is 3. The van der Waals surface area contributed by atoms with Crippen LogP contribution in [0, 0.1) is 5.92 Å². The number of benzene rings is 3. The molecule has 3 aromatic carbocycles. The number of H-pyrrole nitrogens is 2. The number of hydrogen-bond donors (Lipinski definition) is 4. The molecular weight excluding hydrogens is 793 g/mol. The van der Waals surface area contributed by atoms with Gasteiger partial charge in [0, 0.05) is 124 Å². The minimum atomic E-state index is -0.690. The third kappa shape index (κ3) is 7.27. The van der Waals surface area contributed by atoms with Crippen LogP contribution in [0.15, 0.2) is 96.1 Å². The second kappa shape index (κ2) is 15.8. The number of carbonyl (C=O) groups is 3. The van der Waals surface area contributed by atoms with Crippen LogP contribution < -0.4 is 26.1 Å². The number of pyridine rings is 1. The molecular formula is C49H50N10O4. The maximum atomic E-state index is 13.3. The SMILES string of the molecule is Cn1c(=O)n(C2CCC(=O)NC2=O)c2ccc(N3CCC(CN4CCN(c5cc(-c6ccc7cc[nH]c7c6)cc(-c6cc(-c7cc8c([nH]7)CCNC8=O)ccn6)c5)CC4)CC3)cc21. The van der Waals surface area contributed by atoms with Crippen molar-refractivity contribution in [2.75, 3.05) is 62.2 Å². The van der Waals surface area contributed by atoms with E-state index in [-0.39, 0.29) is 23.9 Å². The average Bonchev–Trinajstić information content (AvgIpc) is 4.04. The number of aryl methyl sites for hydroxylation is 1. The molecule has 7 aromatic rings. The number of aromatic nitrogens is 5. The predicted molar refractivity (Wildman–Crippen MR) is 245 cm³/mol. The zero-order valence-corrected chi connectivity index (χ0v) is 35.3. The Balaban J connectivity index is 0.775. The van der Waals surface area contributed by atoms with E-state index in [1.54, 1.807) is 16.2 Å². The van der Waals surface area contributed by atoms with Gasteiger partial charge >= 0.3 is 5.69 Å². The van der Waals surface area contributed by atoms with Crippen LogP contribution >= 0.6 is 0 Å². The number of imidazole rings is 1. The lowest BCUT2D eigenvalue weighted by molar-refractivity contribution is -0.135. The highest BCUT2D eigenvalue weighted by Gasteiger charge is 2.32. The lowest BCUT2D eigenvalue weighted by atomic mass is 9.95. The van der Waals surface area contributed by atoms with Gasteiger partial charge in [-0.25, -0.2) is 4.79 Å². The smallest absolute Gasteiger partial charge is 0.329 e. The summed E-state index contributed by atoms with van der Waals surface area (Å²) in [5, 5.41) is 6.53. The van der Waals surface area contributed by atoms with Crippen molar-refractivity contribution in [1.29, 1.82) is 0 Å². The molecule has 0 bridgehead atoms. The van der Waals surface area contributed by atoms with E-state index in [9.17, 15) is 19.2 Å². The number of hydrogen-bond acceptors (Lipinski definition) is 8. The van der Waals surface area contributed by atoms with Crippen LogP contribution in [0.2, 0.25) is 0 Å². The number of rotatable bonds is 8. The highest BCUT2D eigenvalue weighted by Crippen LogP contribution is 2.36. The van der Waals surface area contributed by atoms with Gasteiger partial charge in [0.1, 0.15) is 6.04 Å². The molecule has 320 valence electrons. The Morgan fingerprint density at radius 3 is 2.37 bits per heavy atom. The summed E-state index contributed by atoms with van der Waals surface area (Å²) in [5.41, 5.74) is 12.5. The molecule has 14 nitrogen and oxygen atoms in total. The summed E-state index contributed by atoms with van der Waals surface area (Å²) in [4.78, 5) is 69.6. The molecule has 14 heteroatoms. The van der Waals surface area contributed by atoms with Crippen LogP contribution in [-0.4, -0.2) is 99.1 Å². The standard InChI is InChI=1S/C49H50N10O4/c1-55-45-27-36(4-5-43(45)59(49(55)63)44-6-7-46(60)54-48(44)62)57-16-11-30(12-17-57)29-56-18-20-58(21-19-56)37-23-34(32-3-2-31-8-13-50-40(31)25-32)22-35(24-37)41-26-33(9-14-51-41)42-28-38-39(53-42)10-15-52-47(38)61/h2-5,8-9,13-14,22-28,30,44,50,53H,6-7,10-12,15-21,29H2,1H3,(H,52,61)(H,54,60,62). The lowest BCUT2D eigenvalue weighted by Crippen LogP contribution is -2.49. The van der Waals surface area contributed by atoms with Gasteiger partial charge in [0.2, 0.25) is 11.8 Å². The summed E-state index contributed by atoms with van der Waals surface area (Å²) in [5.74, 6) is -0.139. The first-order valence-corrected chi connectivity index (χ1v) is 22.2. The summed E-state index contributed by atoms with van der Waals surface area (Å²) in [6.45, 7) is 7.44. The molecule has 0 saturated carbocycles. The molecule has 1 unspecified atom stereocenters. The van der Waals surface area contributed by atoms with E-state index in [1.165, 1.54) is 11.1 Å². The van der Waals surface area contributed by atoms with Crippen molar-refractivity contribution >= 4 is 51.0 Å². The second-order valence-corrected chi connectivity index (χ2v) is 17.6. The first kappa shape index (κ1) is 39.0. The highest BCUT2D eigenvalue weighted by molar-refractivity contribution is 6.00. The Bertz CT molecular complexity index is 3000. The number of imide groups is 1. The van der Waals surface area contributed by atoms with Gasteiger partial charge in [-0.15, -0.1) is 0 Å². The van der Waals surface area contributed by atoms with Crippen molar-refractivity contribution < 1.29 is 14.4 Å². The van der Waals surface area contributed by atoms with Gasteiger partial charge in [0.15, 0.2) is 0 Å². The van der Waals surface area contributed by atoms with E-state index in [0.29, 0.717) is 30.0 Å². The number of piperazine rings is 1. The van der Waals surface area contributed by atoms with Gasteiger partial charge in [0.05, 0.1) is 22.3 Å². The Kier molecular flexibility index (Phi) is 9.75. The van der Waals surface area contributed by atoms with Crippen LogP contribution in [0.1, 0.15) is 47.8 Å². The van der Waals surface area contributed by atoms with Gasteiger partial charge in [-0.05, 0) is 108 Å². The van der Waals surface area contributed by atoms with Crippen LogP contribution in [0.3, 0.4) is 0 Å². The summed E-state index contributed by atoms with van der Waals surface area (Å²) in [6, 6.07) is 27.0. The number of carbonyl (C=O) groups excluding carboxylic acids is 3. The minimum Gasteiger partial charge on any atom is -0.371 e. The van der Waals surface area contributed by atoms with Crippen molar-refractivity contribution in [1.82, 2.24) is 39.6 Å². The molecule has 8 heterocycles. The van der Waals surface area contributed by atoms with Crippen molar-refractivity contribution in [3.8, 4) is 33.6 Å². The average molecular weight is 843 g/mol. The molecule has 3 amide bonds. The first-order valence-electron chi connectivity index (χ1n) is 22.2. The van der Waals surface area contributed by atoms with E-state index >= 15 is 0 Å². The number of nitrogens with one attached hydrogen (secondary N) is 4. The molecule has 3 fully saturated rings. The Morgan fingerprint density at radius 2 is 1.54 bits per heavy atom. The molecule has 4 aromatic heterocycles. The fourth-order valence-electron chi connectivity index (χ4n) is 10.2. The Morgan fingerprint density at radius 1 is 0.714 bits per heavy atom. The molecule has 4 aliphatic heterocycles. The van der Waals surface area contributed by atoms with Crippen molar-refractivity contribution in [2.24, 2.45) is 13.0 Å². The third-order valence-electron chi connectivity index (χ3n) is 13.8. The fourth-order valence-corrected chi connectivity index (χ4v) is 10.2. The van der Waals surface area contributed by atoms with Crippen LogP contribution in [-0.2, 0) is 23.1 Å². The topological polar surface area (TPSA) is 156 Å². The largest absolute Gasteiger partial charge is 0.371 e. The molecule has 11 rings (SSSR count). The molecule has 0 aliphatic carbocycles. The van der Waals surface area contributed by atoms with E-state index in [2.05, 4.69) is 96.0 Å². The number of nitrogens with zero attached hydrogens (tertiary/aromatic N) is 6. The molecule has 0 spiro atoms. The van der Waals surface area contributed by atoms with Crippen molar-refractivity contribution in [3.05, 3.63) is 113 Å². The third-order valence-corrected chi connectivity index (χ3v) is 13.8. The summed E-state index contributed by atoms with van der Waals surface area (Å²) < 4.78 is 3.16. The quantitative estimate of drug-likeness (QED) is 0.139. The normalized spacial score (nSPS) is 18.9. The van der Waals surface area contributed by atoms with Gasteiger partial charge in [0.25, 0.3) is 5.91 Å². The van der Waals surface area contributed by atoms with E-state index < -0.39 is 11.9 Å². The molecule has 4 N–H and O–H groups in total. The van der Waals surface area contributed by atoms with Crippen LogP contribution in [0.4, 0.5) is 11.4 Å². The van der Waals surface area contributed by atoms with E-state index in [4.69, 9.17) is 4.98 Å². The van der Waals surface area contributed by atoms with Crippen LogP contribution in [0.5, 0.6) is 0 Å². The van der Waals surface area contributed by atoms with E-state index in [1.807, 2.05) is 30.6 Å². The fraction of sp³-hybridized carbons (Fsp3) is 0.327. The van der Waals surface area contributed by atoms with Crippen molar-refractivity contribution in [2.45, 2.75) is 38.1 Å². The first-order chi connectivity index (χ1) is 30.7. The van der Waals surface area contributed by atoms with E-state index in [0.717, 1.165) is 121 Å². The Hall–Kier alpha value is -6.93. The van der Waals surface area contributed by atoms with Crippen molar-refractivity contribution in [3.63, 3.8) is 0 Å². The summed E-state index contributed by atoms with van der Waals surface area (Å²) >= 11 is 0. The lowest BCUT2D eigenvalue weighted by Gasteiger charge is -2.40. The summed E-state index contributed by atoms with van der Waals surface area (Å²) in [6.07, 6.45) is 7.36. The monoisotopic (exact) mass is 842 g/mol. The van der Waals surface area contributed by atoms with Gasteiger partial charge < -0.3 is 25.1 Å². The number of anilines is 2. The zero-order valence-electron chi connectivity index (χ0n) is 35.3. The zero-order chi connectivity index (χ0) is 42.8. The molecule has 3 saturated heterocycles. The second-order valence-electron chi connectivity index (χ2n) is 17.6. The molecule has 1 atom stereocenters. The van der Waals surface area contributed by atoms with Gasteiger partial charge in [-0.1, -0.05) is 12.1 Å².